The van der Waals surface area contributed by atoms with Crippen molar-refractivity contribution in [1.82, 2.24) is 0 Å². The van der Waals surface area contributed by atoms with Gasteiger partial charge in [0.25, 0.3) is 0 Å². The van der Waals surface area contributed by atoms with E-state index in [0.717, 1.165) is 16.9 Å². The zero-order chi connectivity index (χ0) is 13.0. The lowest BCUT2D eigenvalue weighted by atomic mass is 10.2. The van der Waals surface area contributed by atoms with Crippen LogP contribution in [0.1, 0.15) is 11.1 Å². The summed E-state index contributed by atoms with van der Waals surface area (Å²) in [7, 11) is 4.06. The molecule has 0 fully saturated rings. The Hall–Kier alpha value is -2.09. The molecule has 2 aromatic rings. The highest BCUT2D eigenvalue weighted by molar-refractivity contribution is 5.82. The number of aryl methyl sites for hydroxylation is 1. The van der Waals surface area contributed by atoms with E-state index in [1.165, 1.54) is 5.56 Å². The first-order chi connectivity index (χ1) is 8.65. The first-order valence-corrected chi connectivity index (χ1v) is 6.03. The molecule has 92 valence electrons. The normalized spacial score (nSPS) is 10.8. The van der Waals surface area contributed by atoms with Crippen LogP contribution in [-0.4, -0.2) is 20.3 Å². The minimum absolute atomic E-state index is 0.974. The van der Waals surface area contributed by atoms with Gasteiger partial charge in [-0.15, -0.1) is 0 Å². The predicted molar refractivity (Wildman–Crippen MR) is 79.2 cm³/mol. The molecule has 0 N–H and O–H groups in total. The topological polar surface area (TPSA) is 15.6 Å². The van der Waals surface area contributed by atoms with Crippen LogP contribution < -0.4 is 4.90 Å². The summed E-state index contributed by atoms with van der Waals surface area (Å²) in [4.78, 5) is 6.57. The van der Waals surface area contributed by atoms with Gasteiger partial charge in [0.15, 0.2) is 0 Å². The molecule has 0 aliphatic heterocycles. The molecular weight excluding hydrogens is 220 g/mol. The molecule has 0 bridgehead atoms. The number of benzene rings is 2. The van der Waals surface area contributed by atoms with Crippen LogP contribution in [0.5, 0.6) is 0 Å². The highest BCUT2D eigenvalue weighted by Crippen LogP contribution is 2.19. The summed E-state index contributed by atoms with van der Waals surface area (Å²) >= 11 is 0. The van der Waals surface area contributed by atoms with Crippen LogP contribution in [0.2, 0.25) is 0 Å². The fraction of sp³-hybridized carbons (Fsp3) is 0.188. The summed E-state index contributed by atoms with van der Waals surface area (Å²) in [5, 5.41) is 0. The minimum Gasteiger partial charge on any atom is -0.378 e. The van der Waals surface area contributed by atoms with Gasteiger partial charge >= 0.3 is 0 Å². The lowest BCUT2D eigenvalue weighted by Crippen LogP contribution is -2.07. The third-order valence-electron chi connectivity index (χ3n) is 2.79. The van der Waals surface area contributed by atoms with Gasteiger partial charge in [-0.05, 0) is 30.7 Å². The van der Waals surface area contributed by atoms with Crippen LogP contribution in [0.4, 0.5) is 11.4 Å². The van der Waals surface area contributed by atoms with Gasteiger partial charge in [-0.1, -0.05) is 35.9 Å². The zero-order valence-corrected chi connectivity index (χ0v) is 11.1. The lowest BCUT2D eigenvalue weighted by molar-refractivity contribution is 1.13. The Labute approximate surface area is 109 Å². The molecule has 0 atom stereocenters. The number of hydrogen-bond donors (Lipinski definition) is 0. The van der Waals surface area contributed by atoms with Gasteiger partial charge in [0, 0.05) is 26.0 Å². The van der Waals surface area contributed by atoms with Crippen molar-refractivity contribution in [2.75, 3.05) is 19.0 Å². The molecule has 0 radical (unpaired) electrons. The molecule has 0 unspecified atom stereocenters. The van der Waals surface area contributed by atoms with E-state index < -0.39 is 0 Å². The lowest BCUT2D eigenvalue weighted by Gasteiger charge is -2.12. The van der Waals surface area contributed by atoms with Gasteiger partial charge in [-0.3, -0.25) is 4.99 Å². The SMILES string of the molecule is Cc1ccc(C=Nc2cccc(N(C)C)c2)cc1. The van der Waals surface area contributed by atoms with Crippen LogP contribution in [-0.2, 0) is 0 Å². The summed E-state index contributed by atoms with van der Waals surface area (Å²) in [5.41, 5.74) is 4.52. The van der Waals surface area contributed by atoms with Crippen LogP contribution in [0, 0.1) is 6.92 Å². The van der Waals surface area contributed by atoms with Gasteiger partial charge < -0.3 is 4.90 Å². The molecule has 0 aliphatic carbocycles. The molecule has 0 amide bonds. The molecule has 2 rings (SSSR count). The maximum absolute atomic E-state index is 4.50. The van der Waals surface area contributed by atoms with Crippen molar-refractivity contribution in [2.45, 2.75) is 6.92 Å². The Bertz CT molecular complexity index is 539. The molecule has 0 saturated heterocycles. The van der Waals surface area contributed by atoms with Gasteiger partial charge in [0.05, 0.1) is 5.69 Å². The number of aliphatic imine (C=N–C) groups is 1. The second kappa shape index (κ2) is 5.50. The number of rotatable bonds is 3. The van der Waals surface area contributed by atoms with Crippen molar-refractivity contribution in [3.63, 3.8) is 0 Å². The van der Waals surface area contributed by atoms with E-state index in [1.54, 1.807) is 0 Å². The Morgan fingerprint density at radius 2 is 1.72 bits per heavy atom. The second-order valence-electron chi connectivity index (χ2n) is 4.58. The molecule has 0 spiro atoms. The van der Waals surface area contributed by atoms with Crippen LogP contribution >= 0.6 is 0 Å². The molecule has 18 heavy (non-hydrogen) atoms. The van der Waals surface area contributed by atoms with E-state index in [2.05, 4.69) is 53.2 Å². The maximum Gasteiger partial charge on any atom is 0.0650 e. The Kier molecular flexibility index (Phi) is 3.78. The Balaban J connectivity index is 2.18. The summed E-state index contributed by atoms with van der Waals surface area (Å²) in [6.07, 6.45) is 1.90. The predicted octanol–water partition coefficient (Wildman–Crippen LogP) is 3.81. The Morgan fingerprint density at radius 3 is 2.39 bits per heavy atom. The molecule has 2 nitrogen and oxygen atoms in total. The number of nitrogens with zero attached hydrogens (tertiary/aromatic N) is 2. The van der Waals surface area contributed by atoms with Gasteiger partial charge in [-0.2, -0.15) is 0 Å². The molecule has 0 heterocycles. The zero-order valence-electron chi connectivity index (χ0n) is 11.1. The van der Waals surface area contributed by atoms with E-state index in [9.17, 15) is 0 Å². The number of anilines is 1. The van der Waals surface area contributed by atoms with Gasteiger partial charge in [-0.25, -0.2) is 0 Å². The monoisotopic (exact) mass is 238 g/mol. The van der Waals surface area contributed by atoms with Crippen LogP contribution in [0.15, 0.2) is 53.5 Å². The molecule has 0 aromatic heterocycles. The van der Waals surface area contributed by atoms with Crippen molar-refractivity contribution >= 4 is 17.6 Å². The van der Waals surface area contributed by atoms with Crippen LogP contribution in [0.3, 0.4) is 0 Å². The summed E-state index contributed by atoms with van der Waals surface area (Å²) in [6, 6.07) is 16.5. The highest BCUT2D eigenvalue weighted by Gasteiger charge is 1.95. The smallest absolute Gasteiger partial charge is 0.0650 e. The largest absolute Gasteiger partial charge is 0.378 e. The first-order valence-electron chi connectivity index (χ1n) is 6.03. The van der Waals surface area contributed by atoms with Crippen LogP contribution in [0.25, 0.3) is 0 Å². The summed E-state index contributed by atoms with van der Waals surface area (Å²) in [5.74, 6) is 0. The van der Waals surface area contributed by atoms with Crippen molar-refractivity contribution in [3.05, 3.63) is 59.7 Å². The summed E-state index contributed by atoms with van der Waals surface area (Å²) < 4.78 is 0. The third-order valence-corrected chi connectivity index (χ3v) is 2.79. The Morgan fingerprint density at radius 1 is 1.00 bits per heavy atom. The summed E-state index contributed by atoms with van der Waals surface area (Å²) in [6.45, 7) is 2.08. The van der Waals surface area contributed by atoms with Crippen molar-refractivity contribution < 1.29 is 0 Å². The quantitative estimate of drug-likeness (QED) is 0.742. The highest BCUT2D eigenvalue weighted by atomic mass is 15.1. The fourth-order valence-electron chi connectivity index (χ4n) is 1.65. The average molecular weight is 238 g/mol. The minimum atomic E-state index is 0.974. The first kappa shape index (κ1) is 12.4. The molecule has 0 saturated carbocycles. The second-order valence-corrected chi connectivity index (χ2v) is 4.58. The third kappa shape index (κ3) is 3.20. The van der Waals surface area contributed by atoms with Crippen molar-refractivity contribution in [3.8, 4) is 0 Å². The molecular formula is C16H18N2. The van der Waals surface area contributed by atoms with Gasteiger partial charge in [0.2, 0.25) is 0 Å². The fourth-order valence-corrected chi connectivity index (χ4v) is 1.65. The van der Waals surface area contributed by atoms with E-state index >= 15 is 0 Å². The van der Waals surface area contributed by atoms with Gasteiger partial charge in [0.1, 0.15) is 0 Å². The van der Waals surface area contributed by atoms with Crippen molar-refractivity contribution in [2.24, 2.45) is 4.99 Å². The standard InChI is InChI=1S/C16H18N2/c1-13-7-9-14(10-8-13)12-17-15-5-4-6-16(11-15)18(2)3/h4-12H,1-3H3. The average Bonchev–Trinajstić information content (AvgIpc) is 2.38. The maximum atomic E-state index is 4.50. The molecule has 0 aliphatic rings. The number of hydrogen-bond acceptors (Lipinski definition) is 2. The van der Waals surface area contributed by atoms with E-state index in [4.69, 9.17) is 0 Å². The van der Waals surface area contributed by atoms with Crippen molar-refractivity contribution in [1.29, 1.82) is 0 Å². The van der Waals surface area contributed by atoms with E-state index in [1.807, 2.05) is 32.4 Å². The molecule has 2 heteroatoms. The van der Waals surface area contributed by atoms with E-state index in [0.29, 0.717) is 0 Å². The van der Waals surface area contributed by atoms with E-state index in [-0.39, 0.29) is 0 Å². The molecule has 2 aromatic carbocycles.